The third kappa shape index (κ3) is 6.20. The molecule has 5 heteroatoms. The SMILES string of the molecule is CCCCOc1cccc(NCCNc2ccc(Cl)cc2Cl)c1. The maximum Gasteiger partial charge on any atom is 0.121 e. The smallest absolute Gasteiger partial charge is 0.121 e. The van der Waals surface area contributed by atoms with Gasteiger partial charge in [-0.1, -0.05) is 42.6 Å². The van der Waals surface area contributed by atoms with Crippen LogP contribution in [0.15, 0.2) is 42.5 Å². The van der Waals surface area contributed by atoms with Gasteiger partial charge >= 0.3 is 0 Å². The van der Waals surface area contributed by atoms with E-state index in [1.54, 1.807) is 6.07 Å². The van der Waals surface area contributed by atoms with Crippen LogP contribution in [0.1, 0.15) is 19.8 Å². The van der Waals surface area contributed by atoms with Gasteiger partial charge in [-0.25, -0.2) is 0 Å². The molecule has 0 atom stereocenters. The van der Waals surface area contributed by atoms with Crippen LogP contribution in [0.3, 0.4) is 0 Å². The predicted octanol–water partition coefficient (Wildman–Crippen LogP) is 5.70. The minimum atomic E-state index is 0.629. The summed E-state index contributed by atoms with van der Waals surface area (Å²) >= 11 is 12.0. The summed E-state index contributed by atoms with van der Waals surface area (Å²) in [5.41, 5.74) is 1.93. The van der Waals surface area contributed by atoms with E-state index in [1.165, 1.54) is 0 Å². The van der Waals surface area contributed by atoms with Crippen molar-refractivity contribution in [3.8, 4) is 5.75 Å². The van der Waals surface area contributed by atoms with Gasteiger partial charge in [-0.3, -0.25) is 0 Å². The first-order chi connectivity index (χ1) is 11.2. The molecule has 23 heavy (non-hydrogen) atoms. The van der Waals surface area contributed by atoms with Gasteiger partial charge in [0.2, 0.25) is 0 Å². The molecule has 124 valence electrons. The summed E-state index contributed by atoms with van der Waals surface area (Å²) in [4.78, 5) is 0. The second-order valence-corrected chi connectivity index (χ2v) is 6.05. The Morgan fingerprint density at radius 3 is 2.61 bits per heavy atom. The first-order valence-electron chi connectivity index (χ1n) is 7.84. The molecule has 2 rings (SSSR count). The molecule has 3 nitrogen and oxygen atoms in total. The number of anilines is 2. The third-order valence-electron chi connectivity index (χ3n) is 3.30. The number of benzene rings is 2. The van der Waals surface area contributed by atoms with Crippen molar-refractivity contribution in [1.29, 1.82) is 0 Å². The largest absolute Gasteiger partial charge is 0.494 e. The lowest BCUT2D eigenvalue weighted by Gasteiger charge is -2.11. The average Bonchev–Trinajstić information content (AvgIpc) is 2.54. The Hall–Kier alpha value is -1.58. The fourth-order valence-electron chi connectivity index (χ4n) is 2.07. The number of rotatable bonds is 9. The van der Waals surface area contributed by atoms with E-state index >= 15 is 0 Å². The van der Waals surface area contributed by atoms with E-state index in [0.29, 0.717) is 10.0 Å². The van der Waals surface area contributed by atoms with E-state index < -0.39 is 0 Å². The van der Waals surface area contributed by atoms with Gasteiger partial charge in [0.1, 0.15) is 5.75 Å². The molecule has 0 bridgehead atoms. The molecule has 0 aliphatic carbocycles. The molecule has 0 fully saturated rings. The Labute approximate surface area is 147 Å². The lowest BCUT2D eigenvalue weighted by molar-refractivity contribution is 0.309. The topological polar surface area (TPSA) is 33.3 Å². The summed E-state index contributed by atoms with van der Waals surface area (Å²) in [6.07, 6.45) is 2.21. The Balaban J connectivity index is 1.76. The zero-order valence-corrected chi connectivity index (χ0v) is 14.8. The van der Waals surface area contributed by atoms with Crippen LogP contribution >= 0.6 is 23.2 Å². The Kier molecular flexibility index (Phi) is 7.37. The molecule has 0 aromatic heterocycles. The summed E-state index contributed by atoms with van der Waals surface area (Å²) in [6.45, 7) is 4.44. The fraction of sp³-hybridized carbons (Fsp3) is 0.333. The Morgan fingerprint density at radius 1 is 1.00 bits per heavy atom. The molecule has 0 spiro atoms. The molecule has 0 unspecified atom stereocenters. The second kappa shape index (κ2) is 9.53. The van der Waals surface area contributed by atoms with Crippen molar-refractivity contribution in [2.24, 2.45) is 0 Å². The van der Waals surface area contributed by atoms with Crippen molar-refractivity contribution in [2.45, 2.75) is 19.8 Å². The Bertz CT molecular complexity index is 620. The number of nitrogens with one attached hydrogen (secondary N) is 2. The number of unbranched alkanes of at least 4 members (excludes halogenated alkanes) is 1. The molecule has 0 saturated heterocycles. The molecular weight excluding hydrogens is 331 g/mol. The summed E-state index contributed by atoms with van der Waals surface area (Å²) in [7, 11) is 0. The van der Waals surface area contributed by atoms with Gasteiger partial charge in [0.05, 0.1) is 17.3 Å². The average molecular weight is 353 g/mol. The normalized spacial score (nSPS) is 10.4. The Morgan fingerprint density at radius 2 is 1.83 bits per heavy atom. The summed E-state index contributed by atoms with van der Waals surface area (Å²) in [5.74, 6) is 0.900. The molecule has 2 aromatic carbocycles. The lowest BCUT2D eigenvalue weighted by atomic mass is 10.3. The highest BCUT2D eigenvalue weighted by Gasteiger charge is 2.00. The lowest BCUT2D eigenvalue weighted by Crippen LogP contribution is -2.13. The van der Waals surface area contributed by atoms with Crippen LogP contribution in [0.2, 0.25) is 10.0 Å². The molecule has 0 amide bonds. The van der Waals surface area contributed by atoms with Gasteiger partial charge in [0.25, 0.3) is 0 Å². The van der Waals surface area contributed by atoms with Crippen molar-refractivity contribution in [1.82, 2.24) is 0 Å². The maximum absolute atomic E-state index is 6.12. The number of ether oxygens (including phenoxy) is 1. The third-order valence-corrected chi connectivity index (χ3v) is 3.85. The van der Waals surface area contributed by atoms with Crippen molar-refractivity contribution in [3.63, 3.8) is 0 Å². The van der Waals surface area contributed by atoms with Crippen molar-refractivity contribution >= 4 is 34.6 Å². The molecule has 0 saturated carbocycles. The van der Waals surface area contributed by atoms with Crippen LogP contribution in [-0.2, 0) is 0 Å². The van der Waals surface area contributed by atoms with Gasteiger partial charge in [-0.15, -0.1) is 0 Å². The van der Waals surface area contributed by atoms with Gasteiger partial charge in [-0.2, -0.15) is 0 Å². The van der Waals surface area contributed by atoms with Crippen LogP contribution in [0, 0.1) is 0 Å². The monoisotopic (exact) mass is 352 g/mol. The molecule has 0 aliphatic heterocycles. The number of halogens is 2. The van der Waals surface area contributed by atoms with E-state index in [-0.39, 0.29) is 0 Å². The van der Waals surface area contributed by atoms with Crippen LogP contribution < -0.4 is 15.4 Å². The fourth-order valence-corrected chi connectivity index (χ4v) is 2.54. The molecule has 2 aromatic rings. The van der Waals surface area contributed by atoms with Gasteiger partial charge in [-0.05, 0) is 36.8 Å². The summed E-state index contributed by atoms with van der Waals surface area (Å²) in [6, 6.07) is 13.5. The van der Waals surface area contributed by atoms with E-state index in [0.717, 1.165) is 49.7 Å². The van der Waals surface area contributed by atoms with Crippen LogP contribution in [-0.4, -0.2) is 19.7 Å². The van der Waals surface area contributed by atoms with E-state index in [4.69, 9.17) is 27.9 Å². The molecular formula is C18H22Cl2N2O. The van der Waals surface area contributed by atoms with Gasteiger partial charge in [0, 0.05) is 29.9 Å². The van der Waals surface area contributed by atoms with E-state index in [2.05, 4.69) is 17.6 Å². The van der Waals surface area contributed by atoms with Crippen molar-refractivity contribution in [2.75, 3.05) is 30.3 Å². The first-order valence-corrected chi connectivity index (χ1v) is 8.60. The van der Waals surface area contributed by atoms with Crippen molar-refractivity contribution < 1.29 is 4.74 Å². The van der Waals surface area contributed by atoms with Crippen LogP contribution in [0.25, 0.3) is 0 Å². The molecule has 2 N–H and O–H groups in total. The summed E-state index contributed by atoms with van der Waals surface area (Å²) < 4.78 is 5.70. The van der Waals surface area contributed by atoms with Crippen molar-refractivity contribution in [3.05, 3.63) is 52.5 Å². The highest BCUT2D eigenvalue weighted by atomic mass is 35.5. The van der Waals surface area contributed by atoms with Gasteiger partial charge in [0.15, 0.2) is 0 Å². The molecule has 0 aliphatic rings. The second-order valence-electron chi connectivity index (χ2n) is 5.21. The highest BCUT2D eigenvalue weighted by Crippen LogP contribution is 2.25. The highest BCUT2D eigenvalue weighted by molar-refractivity contribution is 6.36. The van der Waals surface area contributed by atoms with E-state index in [9.17, 15) is 0 Å². The quantitative estimate of drug-likeness (QED) is 0.568. The molecule has 0 radical (unpaired) electrons. The predicted molar refractivity (Wildman–Crippen MR) is 100 cm³/mol. The van der Waals surface area contributed by atoms with E-state index in [1.807, 2.05) is 36.4 Å². The number of hydrogen-bond acceptors (Lipinski definition) is 3. The molecule has 0 heterocycles. The standard InChI is InChI=1S/C18H22Cl2N2O/c1-2-3-11-23-16-6-4-5-15(13-16)21-9-10-22-18-8-7-14(19)12-17(18)20/h4-8,12-13,21-22H,2-3,9-11H2,1H3. The minimum Gasteiger partial charge on any atom is -0.494 e. The summed E-state index contributed by atoms with van der Waals surface area (Å²) in [5, 5.41) is 7.91. The zero-order chi connectivity index (χ0) is 16.5. The van der Waals surface area contributed by atoms with Gasteiger partial charge < -0.3 is 15.4 Å². The van der Waals surface area contributed by atoms with Crippen LogP contribution in [0.5, 0.6) is 5.75 Å². The number of hydrogen-bond donors (Lipinski definition) is 2. The van der Waals surface area contributed by atoms with Crippen LogP contribution in [0.4, 0.5) is 11.4 Å². The zero-order valence-electron chi connectivity index (χ0n) is 13.2. The first kappa shape index (κ1) is 17.8. The minimum absolute atomic E-state index is 0.629. The maximum atomic E-state index is 6.12.